The fourth-order valence-corrected chi connectivity index (χ4v) is 5.99. The minimum atomic E-state index is -4.38. The van der Waals surface area contributed by atoms with Crippen LogP contribution in [0.15, 0.2) is 24.4 Å². The van der Waals surface area contributed by atoms with Crippen molar-refractivity contribution >= 4 is 37.7 Å². The third kappa shape index (κ3) is 5.74. The van der Waals surface area contributed by atoms with Crippen molar-refractivity contribution in [2.75, 3.05) is 5.75 Å². The Hall–Kier alpha value is -0.640. The quantitative estimate of drug-likeness (QED) is 0.435. The maximum Gasteiger partial charge on any atom is 0.308 e. The fraction of sp³-hybridized carbons (Fsp3) is 0.643. The molecule has 0 bridgehead atoms. The molecule has 23 heavy (non-hydrogen) atoms. The Balaban J connectivity index is 2.89. The molecule has 0 aromatic rings. The number of aliphatic carboxylic acids is 1. The number of hydrogen-bond acceptors (Lipinski definition) is 6. The van der Waals surface area contributed by atoms with Gasteiger partial charge in [-0.25, -0.2) is 0 Å². The first kappa shape index (κ1) is 20.4. The monoisotopic (exact) mass is 381 g/mol. The largest absolute Gasteiger partial charge is 0.481 e. The summed E-state index contributed by atoms with van der Waals surface area (Å²) in [4.78, 5) is 11.6. The molecule has 1 rings (SSSR count). The smallest absolute Gasteiger partial charge is 0.308 e. The van der Waals surface area contributed by atoms with E-state index in [-0.39, 0.29) is 5.37 Å². The van der Waals surface area contributed by atoms with Gasteiger partial charge in [0.25, 0.3) is 10.1 Å². The highest BCUT2D eigenvalue weighted by molar-refractivity contribution is 8.77. The molecule has 3 N–H and O–H groups in total. The zero-order chi connectivity index (χ0) is 17.9. The molecule has 0 amide bonds. The molecule has 1 heterocycles. The van der Waals surface area contributed by atoms with E-state index < -0.39 is 37.9 Å². The molecule has 0 aromatic carbocycles. The highest BCUT2D eigenvalue weighted by Gasteiger charge is 2.48. The normalized spacial score (nSPS) is 20.1. The molecule has 0 spiro atoms. The maximum absolute atomic E-state index is 11.6. The van der Waals surface area contributed by atoms with E-state index >= 15 is 0 Å². The van der Waals surface area contributed by atoms with Gasteiger partial charge in [-0.15, -0.1) is 0 Å². The summed E-state index contributed by atoms with van der Waals surface area (Å²) in [6, 6.07) is 0. The van der Waals surface area contributed by atoms with Gasteiger partial charge in [-0.2, -0.15) is 8.42 Å². The number of dihydropyridines is 1. The van der Waals surface area contributed by atoms with Crippen LogP contribution in [0.1, 0.15) is 27.7 Å². The summed E-state index contributed by atoms with van der Waals surface area (Å²) in [6.45, 7) is 7.20. The van der Waals surface area contributed by atoms with Crippen molar-refractivity contribution in [2.45, 2.75) is 37.8 Å². The van der Waals surface area contributed by atoms with Crippen LogP contribution in [-0.4, -0.2) is 39.9 Å². The number of nitrogens with one attached hydrogen (secondary N) is 1. The molecular formula is C14H23NO5S3. The molecule has 0 fully saturated rings. The first-order valence-electron chi connectivity index (χ1n) is 6.99. The van der Waals surface area contributed by atoms with Gasteiger partial charge in [-0.05, 0) is 31.5 Å². The third-order valence-electron chi connectivity index (χ3n) is 4.21. The first-order chi connectivity index (χ1) is 10.4. The molecular weight excluding hydrogens is 358 g/mol. The highest BCUT2D eigenvalue weighted by atomic mass is 33.1. The lowest BCUT2D eigenvalue weighted by molar-refractivity contribution is -0.145. The minimum absolute atomic E-state index is 0.0601. The van der Waals surface area contributed by atoms with Crippen LogP contribution in [-0.2, 0) is 14.9 Å². The first-order valence-corrected chi connectivity index (χ1v) is 10.8. The van der Waals surface area contributed by atoms with Crippen LogP contribution in [0.25, 0.3) is 0 Å². The summed E-state index contributed by atoms with van der Waals surface area (Å²) in [5.74, 6) is -3.24. The molecule has 1 aliphatic heterocycles. The summed E-state index contributed by atoms with van der Waals surface area (Å²) in [7, 11) is -1.34. The van der Waals surface area contributed by atoms with E-state index in [1.165, 1.54) is 10.8 Å². The van der Waals surface area contributed by atoms with Crippen molar-refractivity contribution in [3.05, 3.63) is 24.4 Å². The lowest BCUT2D eigenvalue weighted by atomic mass is 9.71. The topological polar surface area (TPSA) is 104 Å². The Morgan fingerprint density at radius 2 is 1.91 bits per heavy atom. The summed E-state index contributed by atoms with van der Waals surface area (Å²) in [5.41, 5.74) is -0.874. The number of allylic oxidation sites excluding steroid dienone is 2. The predicted octanol–water partition coefficient (Wildman–Crippen LogP) is 2.76. The van der Waals surface area contributed by atoms with Gasteiger partial charge in [0.05, 0.1) is 11.7 Å². The van der Waals surface area contributed by atoms with Crippen LogP contribution >= 0.6 is 21.6 Å². The summed E-state index contributed by atoms with van der Waals surface area (Å²) in [5, 5.41) is 12.6. The van der Waals surface area contributed by atoms with Crippen LogP contribution < -0.4 is 5.32 Å². The van der Waals surface area contributed by atoms with Gasteiger partial charge >= 0.3 is 5.97 Å². The van der Waals surface area contributed by atoms with Crippen molar-refractivity contribution in [3.8, 4) is 0 Å². The summed E-state index contributed by atoms with van der Waals surface area (Å²) in [6.07, 6.45) is 7.61. The number of hydrogen-bond donors (Lipinski definition) is 3. The van der Waals surface area contributed by atoms with E-state index in [1.54, 1.807) is 24.6 Å². The fourth-order valence-electron chi connectivity index (χ4n) is 1.98. The number of carboxylic acid groups (broad SMARTS) is 1. The van der Waals surface area contributed by atoms with Crippen LogP contribution in [0.2, 0.25) is 0 Å². The molecule has 0 saturated heterocycles. The lowest BCUT2D eigenvalue weighted by Crippen LogP contribution is -2.47. The van der Waals surface area contributed by atoms with Crippen molar-refractivity contribution in [3.63, 3.8) is 0 Å². The second kappa shape index (κ2) is 7.50. The zero-order valence-electron chi connectivity index (χ0n) is 13.5. The molecule has 0 aliphatic carbocycles. The second-order valence-corrected chi connectivity index (χ2v) is 10.8. The molecule has 2 atom stereocenters. The minimum Gasteiger partial charge on any atom is -0.481 e. The Morgan fingerprint density at radius 1 is 1.30 bits per heavy atom. The molecule has 9 heteroatoms. The standard InChI is InChI=1S/C14H23NO5S3/c1-13(2,10(12(16)17)9-23(18,19)20)14(3,4)22-21-11-7-5-6-8-15-11/h5-8,10-11,15H,9H2,1-4H3,(H,16,17)(H,18,19,20). The Morgan fingerprint density at radius 3 is 2.35 bits per heavy atom. The van der Waals surface area contributed by atoms with Gasteiger partial charge in [-0.1, -0.05) is 47.6 Å². The van der Waals surface area contributed by atoms with Crippen molar-refractivity contribution in [2.24, 2.45) is 11.3 Å². The second-order valence-electron chi connectivity index (χ2n) is 6.38. The van der Waals surface area contributed by atoms with Gasteiger partial charge in [0.1, 0.15) is 5.37 Å². The van der Waals surface area contributed by atoms with Gasteiger partial charge in [-0.3, -0.25) is 9.35 Å². The SMILES string of the molecule is CC(C)(SSC1C=CC=CN1)C(C)(C)C(CS(=O)(=O)O)C(=O)O. The molecule has 1 aliphatic rings. The van der Waals surface area contributed by atoms with Crippen molar-refractivity contribution in [1.82, 2.24) is 5.32 Å². The predicted molar refractivity (Wildman–Crippen MR) is 95.8 cm³/mol. The van der Waals surface area contributed by atoms with E-state index in [1.807, 2.05) is 38.3 Å². The highest BCUT2D eigenvalue weighted by Crippen LogP contribution is 2.52. The molecule has 2 unspecified atom stereocenters. The molecule has 0 radical (unpaired) electrons. The molecule has 0 aromatic heterocycles. The van der Waals surface area contributed by atoms with Crippen molar-refractivity contribution < 1.29 is 22.9 Å². The number of carbonyl (C=O) groups is 1. The average molecular weight is 382 g/mol. The van der Waals surface area contributed by atoms with Gasteiger partial charge in [0.2, 0.25) is 0 Å². The number of carboxylic acids is 1. The van der Waals surface area contributed by atoms with Gasteiger partial charge < -0.3 is 10.4 Å². The zero-order valence-corrected chi connectivity index (χ0v) is 16.0. The molecule has 0 saturated carbocycles. The molecule has 6 nitrogen and oxygen atoms in total. The van der Waals surface area contributed by atoms with Crippen LogP contribution in [0.5, 0.6) is 0 Å². The van der Waals surface area contributed by atoms with Crippen LogP contribution in [0.4, 0.5) is 0 Å². The summed E-state index contributed by atoms with van der Waals surface area (Å²) < 4.78 is 30.9. The van der Waals surface area contributed by atoms with Crippen LogP contribution in [0.3, 0.4) is 0 Å². The number of rotatable bonds is 8. The maximum atomic E-state index is 11.6. The van der Waals surface area contributed by atoms with E-state index in [2.05, 4.69) is 5.32 Å². The molecule has 132 valence electrons. The van der Waals surface area contributed by atoms with E-state index in [0.29, 0.717) is 0 Å². The van der Waals surface area contributed by atoms with Gasteiger partial charge in [0, 0.05) is 4.75 Å². The van der Waals surface area contributed by atoms with E-state index in [9.17, 15) is 18.3 Å². The Kier molecular flexibility index (Phi) is 6.65. The van der Waals surface area contributed by atoms with Gasteiger partial charge in [0.15, 0.2) is 0 Å². The summed E-state index contributed by atoms with van der Waals surface area (Å²) >= 11 is 0. The third-order valence-corrected chi connectivity index (χ3v) is 8.67. The van der Waals surface area contributed by atoms with E-state index in [0.717, 1.165) is 0 Å². The Labute approximate surface area is 145 Å². The van der Waals surface area contributed by atoms with Crippen LogP contribution in [0, 0.1) is 11.3 Å². The lowest BCUT2D eigenvalue weighted by Gasteiger charge is -2.44. The van der Waals surface area contributed by atoms with E-state index in [4.69, 9.17) is 4.55 Å². The average Bonchev–Trinajstić information content (AvgIpc) is 2.42. The van der Waals surface area contributed by atoms with Crippen molar-refractivity contribution in [1.29, 1.82) is 0 Å². The Bertz CT molecular complexity index is 596.